The van der Waals surface area contributed by atoms with E-state index in [1.54, 1.807) is 18.2 Å². The number of para-hydroxylation sites is 1. The van der Waals surface area contributed by atoms with Gasteiger partial charge in [0.25, 0.3) is 0 Å². The predicted molar refractivity (Wildman–Crippen MR) is 113 cm³/mol. The van der Waals surface area contributed by atoms with Crippen molar-refractivity contribution in [2.75, 3.05) is 12.8 Å². The Morgan fingerprint density at radius 1 is 1.17 bits per heavy atom. The number of benzene rings is 1. The lowest BCUT2D eigenvalue weighted by Crippen LogP contribution is -2.27. The summed E-state index contributed by atoms with van der Waals surface area (Å²) in [6.07, 6.45) is 7.71. The van der Waals surface area contributed by atoms with E-state index in [9.17, 15) is 4.79 Å². The van der Waals surface area contributed by atoms with E-state index in [0.29, 0.717) is 23.4 Å². The maximum atomic E-state index is 12.5. The molecule has 1 fully saturated rings. The lowest BCUT2D eigenvalue weighted by atomic mass is 9.88. The van der Waals surface area contributed by atoms with Gasteiger partial charge in [-0.2, -0.15) is 0 Å². The van der Waals surface area contributed by atoms with Crippen LogP contribution in [-0.4, -0.2) is 38.4 Å². The highest BCUT2D eigenvalue weighted by atomic mass is 32.2. The van der Waals surface area contributed by atoms with Crippen molar-refractivity contribution in [1.82, 2.24) is 19.7 Å². The Kier molecular flexibility index (Phi) is 6.34. The van der Waals surface area contributed by atoms with E-state index in [2.05, 4.69) is 12.1 Å². The summed E-state index contributed by atoms with van der Waals surface area (Å²) in [5.41, 5.74) is 1.02. The zero-order chi connectivity index (χ0) is 20.1. The number of hydrogen-bond donors (Lipinski definition) is 0. The summed E-state index contributed by atoms with van der Waals surface area (Å²) in [5, 5.41) is 5.40. The SMILES string of the molecule is CN(Cc1ccco1)C(=O)CSc1nc(C2CCCCC2)n(-c2ccccc2)n1. The van der Waals surface area contributed by atoms with Gasteiger partial charge in [0.1, 0.15) is 11.6 Å². The van der Waals surface area contributed by atoms with Crippen molar-refractivity contribution >= 4 is 17.7 Å². The molecule has 0 atom stereocenters. The lowest BCUT2D eigenvalue weighted by molar-refractivity contribution is -0.127. The molecule has 0 aliphatic heterocycles. The highest BCUT2D eigenvalue weighted by molar-refractivity contribution is 7.99. The average molecular weight is 411 g/mol. The molecule has 1 amide bonds. The minimum absolute atomic E-state index is 0.0293. The number of furan rings is 1. The predicted octanol–water partition coefficient (Wildman–Crippen LogP) is 4.66. The van der Waals surface area contributed by atoms with Crippen LogP contribution < -0.4 is 0 Å². The maximum Gasteiger partial charge on any atom is 0.233 e. The summed E-state index contributed by atoms with van der Waals surface area (Å²) in [7, 11) is 1.79. The molecule has 7 heteroatoms. The Labute approximate surface area is 175 Å². The summed E-state index contributed by atoms with van der Waals surface area (Å²) in [6.45, 7) is 0.464. The van der Waals surface area contributed by atoms with Gasteiger partial charge in [-0.3, -0.25) is 4.79 Å². The summed E-state index contributed by atoms with van der Waals surface area (Å²) >= 11 is 1.40. The molecule has 2 heterocycles. The molecule has 152 valence electrons. The summed E-state index contributed by atoms with van der Waals surface area (Å²) in [4.78, 5) is 19.0. The molecule has 0 spiro atoms. The van der Waals surface area contributed by atoms with E-state index in [0.717, 1.165) is 30.1 Å². The minimum Gasteiger partial charge on any atom is -0.467 e. The van der Waals surface area contributed by atoms with Crippen LogP contribution >= 0.6 is 11.8 Å². The molecular weight excluding hydrogens is 384 g/mol. The van der Waals surface area contributed by atoms with Crippen LogP contribution in [-0.2, 0) is 11.3 Å². The minimum atomic E-state index is 0.0293. The van der Waals surface area contributed by atoms with Crippen LogP contribution in [0.4, 0.5) is 0 Å². The van der Waals surface area contributed by atoms with Crippen molar-refractivity contribution in [1.29, 1.82) is 0 Å². The van der Waals surface area contributed by atoms with E-state index in [-0.39, 0.29) is 5.91 Å². The van der Waals surface area contributed by atoms with Gasteiger partial charge in [-0.05, 0) is 37.1 Å². The van der Waals surface area contributed by atoms with Gasteiger partial charge in [-0.1, -0.05) is 49.2 Å². The molecule has 0 saturated heterocycles. The first-order valence-electron chi connectivity index (χ1n) is 10.1. The average Bonchev–Trinajstić information content (AvgIpc) is 3.43. The smallest absolute Gasteiger partial charge is 0.233 e. The molecule has 1 aliphatic rings. The van der Waals surface area contributed by atoms with E-state index in [1.807, 2.05) is 35.0 Å². The standard InChI is InChI=1S/C22H26N4O2S/c1-25(15-19-13-8-14-28-19)20(27)16-29-22-23-21(17-9-4-2-5-10-17)26(24-22)18-11-6-3-7-12-18/h3,6-8,11-14,17H,2,4-5,9-10,15-16H2,1H3. The molecule has 4 rings (SSSR count). The van der Waals surface area contributed by atoms with Crippen molar-refractivity contribution in [3.8, 4) is 5.69 Å². The van der Waals surface area contributed by atoms with Gasteiger partial charge in [0.05, 0.1) is 24.2 Å². The second-order valence-corrected chi connectivity index (χ2v) is 8.40. The molecule has 1 aliphatic carbocycles. The molecule has 3 aromatic rings. The quantitative estimate of drug-likeness (QED) is 0.530. The summed E-state index contributed by atoms with van der Waals surface area (Å²) in [6, 6.07) is 13.8. The third-order valence-electron chi connectivity index (χ3n) is 5.31. The Morgan fingerprint density at radius 2 is 1.97 bits per heavy atom. The van der Waals surface area contributed by atoms with Gasteiger partial charge < -0.3 is 9.32 Å². The lowest BCUT2D eigenvalue weighted by Gasteiger charge is -2.21. The van der Waals surface area contributed by atoms with Crippen LogP contribution in [0.2, 0.25) is 0 Å². The van der Waals surface area contributed by atoms with Gasteiger partial charge >= 0.3 is 0 Å². The first kappa shape index (κ1) is 19.8. The van der Waals surface area contributed by atoms with Crippen molar-refractivity contribution in [2.24, 2.45) is 0 Å². The third kappa shape index (κ3) is 4.90. The normalized spacial score (nSPS) is 14.8. The number of nitrogens with zero attached hydrogens (tertiary/aromatic N) is 4. The number of carbonyl (C=O) groups is 1. The number of carbonyl (C=O) groups excluding carboxylic acids is 1. The van der Waals surface area contributed by atoms with Gasteiger partial charge in [0.2, 0.25) is 11.1 Å². The highest BCUT2D eigenvalue weighted by Gasteiger charge is 2.24. The van der Waals surface area contributed by atoms with Gasteiger partial charge in [-0.15, -0.1) is 5.10 Å². The number of thioether (sulfide) groups is 1. The zero-order valence-electron chi connectivity index (χ0n) is 16.7. The zero-order valence-corrected chi connectivity index (χ0v) is 17.5. The number of aromatic nitrogens is 3. The van der Waals surface area contributed by atoms with Crippen LogP contribution in [0.1, 0.15) is 49.6 Å². The van der Waals surface area contributed by atoms with Gasteiger partial charge in [-0.25, -0.2) is 9.67 Å². The van der Waals surface area contributed by atoms with Crippen LogP contribution in [0, 0.1) is 0 Å². The molecule has 29 heavy (non-hydrogen) atoms. The fourth-order valence-corrected chi connectivity index (χ4v) is 4.48. The summed E-state index contributed by atoms with van der Waals surface area (Å²) < 4.78 is 7.29. The second kappa shape index (κ2) is 9.31. The molecular formula is C22H26N4O2S. The summed E-state index contributed by atoms with van der Waals surface area (Å²) in [5.74, 6) is 2.57. The van der Waals surface area contributed by atoms with Crippen LogP contribution in [0.3, 0.4) is 0 Å². The van der Waals surface area contributed by atoms with Crippen molar-refractivity contribution in [3.63, 3.8) is 0 Å². The topological polar surface area (TPSA) is 64.2 Å². The van der Waals surface area contributed by atoms with Crippen LogP contribution in [0.15, 0.2) is 58.3 Å². The molecule has 0 N–H and O–H groups in total. The Balaban J connectivity index is 1.47. The molecule has 2 aromatic heterocycles. The van der Waals surface area contributed by atoms with Crippen LogP contribution in [0.25, 0.3) is 5.69 Å². The Bertz CT molecular complexity index is 918. The molecule has 0 bridgehead atoms. The van der Waals surface area contributed by atoms with Crippen molar-refractivity contribution < 1.29 is 9.21 Å². The Hall–Kier alpha value is -2.54. The third-order valence-corrected chi connectivity index (χ3v) is 6.13. The van der Waals surface area contributed by atoms with Crippen molar-refractivity contribution in [3.05, 3.63) is 60.3 Å². The fraction of sp³-hybridized carbons (Fsp3) is 0.409. The van der Waals surface area contributed by atoms with E-state index in [4.69, 9.17) is 14.5 Å². The molecule has 0 radical (unpaired) electrons. The number of amides is 1. The van der Waals surface area contributed by atoms with E-state index >= 15 is 0 Å². The second-order valence-electron chi connectivity index (χ2n) is 7.45. The maximum absolute atomic E-state index is 12.5. The molecule has 0 unspecified atom stereocenters. The molecule has 1 saturated carbocycles. The van der Waals surface area contributed by atoms with E-state index in [1.165, 1.54) is 31.0 Å². The first-order chi connectivity index (χ1) is 14.2. The fourth-order valence-electron chi connectivity index (χ4n) is 3.71. The van der Waals surface area contributed by atoms with Crippen molar-refractivity contribution in [2.45, 2.75) is 49.7 Å². The number of hydrogen-bond acceptors (Lipinski definition) is 5. The van der Waals surface area contributed by atoms with Gasteiger partial charge in [0.15, 0.2) is 0 Å². The molecule has 6 nitrogen and oxygen atoms in total. The van der Waals surface area contributed by atoms with Crippen LogP contribution in [0.5, 0.6) is 0 Å². The number of rotatable bonds is 7. The largest absolute Gasteiger partial charge is 0.467 e. The molecule has 1 aromatic carbocycles. The van der Waals surface area contributed by atoms with Gasteiger partial charge in [0, 0.05) is 13.0 Å². The highest BCUT2D eigenvalue weighted by Crippen LogP contribution is 2.33. The van der Waals surface area contributed by atoms with E-state index < -0.39 is 0 Å². The Morgan fingerprint density at radius 3 is 2.69 bits per heavy atom. The first-order valence-corrected chi connectivity index (χ1v) is 11.1. The monoisotopic (exact) mass is 410 g/mol.